The second-order valence-electron chi connectivity index (χ2n) is 4.93. The molecule has 0 bridgehead atoms. The molecule has 2 rings (SSSR count). The summed E-state index contributed by atoms with van der Waals surface area (Å²) in [4.78, 5) is 23.2. The number of carbonyl (C=O) groups excluding carboxylic acids is 2. The maximum absolute atomic E-state index is 13.0. The molecule has 0 aliphatic rings. The third-order valence-electron chi connectivity index (χ3n) is 3.01. The highest BCUT2D eigenvalue weighted by atomic mass is 35.5. The third-order valence-corrected chi connectivity index (χ3v) is 3.55. The van der Waals surface area contributed by atoms with Gasteiger partial charge in [-0.1, -0.05) is 29.3 Å². The molecule has 0 spiro atoms. The SMILES string of the molecule is O=C(COC(=O)COc1ccc(Cl)cc1)NCc1ccc(F)c(Cl)c1. The summed E-state index contributed by atoms with van der Waals surface area (Å²) in [6, 6.07) is 10.6. The summed E-state index contributed by atoms with van der Waals surface area (Å²) in [7, 11) is 0. The Hall–Kier alpha value is -2.31. The molecule has 0 aliphatic heterocycles. The molecule has 132 valence electrons. The second kappa shape index (κ2) is 9.25. The van der Waals surface area contributed by atoms with Gasteiger partial charge in [0.05, 0.1) is 5.02 Å². The van der Waals surface area contributed by atoms with Crippen LogP contribution in [0.1, 0.15) is 5.56 Å². The van der Waals surface area contributed by atoms with Gasteiger partial charge in [0.25, 0.3) is 5.91 Å². The van der Waals surface area contributed by atoms with E-state index in [1.54, 1.807) is 24.3 Å². The van der Waals surface area contributed by atoms with Crippen LogP contribution in [0, 0.1) is 5.82 Å². The minimum absolute atomic E-state index is 0.0301. The molecule has 2 aromatic rings. The van der Waals surface area contributed by atoms with Gasteiger partial charge in [0.15, 0.2) is 13.2 Å². The number of carbonyl (C=O) groups is 2. The number of ether oxygens (including phenoxy) is 2. The number of rotatable bonds is 7. The molecule has 0 fully saturated rings. The van der Waals surface area contributed by atoms with Crippen molar-refractivity contribution in [3.63, 3.8) is 0 Å². The molecule has 25 heavy (non-hydrogen) atoms. The van der Waals surface area contributed by atoms with Gasteiger partial charge in [0.1, 0.15) is 11.6 Å². The van der Waals surface area contributed by atoms with E-state index < -0.39 is 24.3 Å². The van der Waals surface area contributed by atoms with Crippen LogP contribution in [0.2, 0.25) is 10.0 Å². The van der Waals surface area contributed by atoms with E-state index in [4.69, 9.17) is 32.7 Å². The van der Waals surface area contributed by atoms with Crippen molar-refractivity contribution in [2.75, 3.05) is 13.2 Å². The Balaban J connectivity index is 1.67. The number of benzene rings is 2. The molecule has 2 aromatic carbocycles. The molecule has 0 saturated heterocycles. The lowest BCUT2D eigenvalue weighted by atomic mass is 10.2. The average Bonchev–Trinajstić information content (AvgIpc) is 2.60. The first-order chi connectivity index (χ1) is 11.9. The van der Waals surface area contributed by atoms with Gasteiger partial charge in [0, 0.05) is 11.6 Å². The van der Waals surface area contributed by atoms with Crippen molar-refractivity contribution in [2.45, 2.75) is 6.54 Å². The molecule has 0 radical (unpaired) electrons. The molecular formula is C17H14Cl2FNO4. The van der Waals surface area contributed by atoms with Crippen LogP contribution in [-0.4, -0.2) is 25.1 Å². The summed E-state index contributed by atoms with van der Waals surface area (Å²) < 4.78 is 23.0. The third kappa shape index (κ3) is 6.60. The first-order valence-corrected chi connectivity index (χ1v) is 7.94. The van der Waals surface area contributed by atoms with Gasteiger partial charge in [-0.3, -0.25) is 4.79 Å². The van der Waals surface area contributed by atoms with E-state index in [0.717, 1.165) is 0 Å². The van der Waals surface area contributed by atoms with E-state index in [-0.39, 0.29) is 18.2 Å². The molecule has 0 heterocycles. The van der Waals surface area contributed by atoms with Crippen molar-refractivity contribution in [2.24, 2.45) is 0 Å². The second-order valence-corrected chi connectivity index (χ2v) is 5.77. The van der Waals surface area contributed by atoms with Crippen molar-refractivity contribution in [3.8, 4) is 5.75 Å². The van der Waals surface area contributed by atoms with Crippen molar-refractivity contribution >= 4 is 35.1 Å². The van der Waals surface area contributed by atoms with Crippen LogP contribution in [0.25, 0.3) is 0 Å². The maximum Gasteiger partial charge on any atom is 0.344 e. The van der Waals surface area contributed by atoms with Crippen LogP contribution in [-0.2, 0) is 20.9 Å². The van der Waals surface area contributed by atoms with Crippen LogP contribution < -0.4 is 10.1 Å². The molecule has 1 amide bonds. The summed E-state index contributed by atoms with van der Waals surface area (Å²) in [5.74, 6) is -1.26. The highest BCUT2D eigenvalue weighted by Crippen LogP contribution is 2.16. The lowest BCUT2D eigenvalue weighted by Gasteiger charge is -2.08. The quantitative estimate of drug-likeness (QED) is 0.742. The highest BCUT2D eigenvalue weighted by molar-refractivity contribution is 6.31. The maximum atomic E-state index is 13.0. The van der Waals surface area contributed by atoms with Gasteiger partial charge in [-0.05, 0) is 42.0 Å². The summed E-state index contributed by atoms with van der Waals surface area (Å²) >= 11 is 11.4. The Bertz CT molecular complexity index is 753. The lowest BCUT2D eigenvalue weighted by Crippen LogP contribution is -2.29. The summed E-state index contributed by atoms with van der Waals surface area (Å²) in [6.07, 6.45) is 0. The van der Waals surface area contributed by atoms with Gasteiger partial charge in [-0.25, -0.2) is 9.18 Å². The average molecular weight is 386 g/mol. The predicted molar refractivity (Wildman–Crippen MR) is 91.2 cm³/mol. The molecular weight excluding hydrogens is 372 g/mol. The molecule has 8 heteroatoms. The first kappa shape index (κ1) is 19.0. The number of hydrogen-bond acceptors (Lipinski definition) is 4. The normalized spacial score (nSPS) is 10.2. The van der Waals surface area contributed by atoms with Crippen molar-refractivity contribution in [1.82, 2.24) is 5.32 Å². The van der Waals surface area contributed by atoms with E-state index in [2.05, 4.69) is 5.32 Å². The van der Waals surface area contributed by atoms with Crippen LogP contribution in [0.5, 0.6) is 5.75 Å². The summed E-state index contributed by atoms with van der Waals surface area (Å²) in [5, 5.41) is 3.05. The Labute approximate surface area is 153 Å². The topological polar surface area (TPSA) is 64.6 Å². The molecule has 1 N–H and O–H groups in total. The standard InChI is InChI=1S/C17H14Cl2FNO4/c18-12-2-4-13(5-3-12)24-10-17(23)25-9-16(22)21-8-11-1-6-15(20)14(19)7-11/h1-7H,8-10H2,(H,21,22). The van der Waals surface area contributed by atoms with E-state index in [9.17, 15) is 14.0 Å². The summed E-state index contributed by atoms with van der Waals surface area (Å²) in [6.45, 7) is -0.641. The largest absolute Gasteiger partial charge is 0.482 e. The zero-order valence-electron chi connectivity index (χ0n) is 12.9. The van der Waals surface area contributed by atoms with E-state index >= 15 is 0 Å². The monoisotopic (exact) mass is 385 g/mol. The fourth-order valence-corrected chi connectivity index (χ4v) is 2.09. The number of halogens is 3. The van der Waals surface area contributed by atoms with E-state index in [0.29, 0.717) is 16.3 Å². The van der Waals surface area contributed by atoms with Gasteiger partial charge in [-0.2, -0.15) is 0 Å². The number of hydrogen-bond donors (Lipinski definition) is 1. The van der Waals surface area contributed by atoms with E-state index in [1.165, 1.54) is 18.2 Å². The van der Waals surface area contributed by atoms with Gasteiger partial charge in [-0.15, -0.1) is 0 Å². The van der Waals surface area contributed by atoms with Crippen molar-refractivity contribution in [3.05, 3.63) is 63.9 Å². The minimum Gasteiger partial charge on any atom is -0.482 e. The summed E-state index contributed by atoms with van der Waals surface area (Å²) in [5.41, 5.74) is 0.622. The first-order valence-electron chi connectivity index (χ1n) is 7.18. The minimum atomic E-state index is -0.685. The lowest BCUT2D eigenvalue weighted by molar-refractivity contribution is -0.150. The van der Waals surface area contributed by atoms with Crippen LogP contribution in [0.15, 0.2) is 42.5 Å². The zero-order chi connectivity index (χ0) is 18.2. The zero-order valence-corrected chi connectivity index (χ0v) is 14.4. The molecule has 0 aliphatic carbocycles. The Morgan fingerprint density at radius 2 is 1.76 bits per heavy atom. The molecule has 0 saturated carbocycles. The predicted octanol–water partition coefficient (Wildman–Crippen LogP) is 3.37. The fourth-order valence-electron chi connectivity index (χ4n) is 1.76. The number of amides is 1. The smallest absolute Gasteiger partial charge is 0.344 e. The molecule has 0 unspecified atom stereocenters. The van der Waals surface area contributed by atoms with Gasteiger partial charge in [0.2, 0.25) is 0 Å². The van der Waals surface area contributed by atoms with Gasteiger partial charge < -0.3 is 14.8 Å². The van der Waals surface area contributed by atoms with Crippen LogP contribution in [0.4, 0.5) is 4.39 Å². The Morgan fingerprint density at radius 1 is 1.04 bits per heavy atom. The molecule has 0 aromatic heterocycles. The number of esters is 1. The van der Waals surface area contributed by atoms with Crippen molar-refractivity contribution in [1.29, 1.82) is 0 Å². The van der Waals surface area contributed by atoms with Crippen LogP contribution in [0.3, 0.4) is 0 Å². The van der Waals surface area contributed by atoms with Crippen molar-refractivity contribution < 1.29 is 23.5 Å². The van der Waals surface area contributed by atoms with Gasteiger partial charge >= 0.3 is 5.97 Å². The highest BCUT2D eigenvalue weighted by Gasteiger charge is 2.09. The van der Waals surface area contributed by atoms with E-state index in [1.807, 2.05) is 0 Å². The fraction of sp³-hybridized carbons (Fsp3) is 0.176. The molecule has 0 atom stereocenters. The Morgan fingerprint density at radius 3 is 2.44 bits per heavy atom. The Kier molecular flexibility index (Phi) is 7.03. The number of nitrogens with one attached hydrogen (secondary N) is 1. The molecule has 5 nitrogen and oxygen atoms in total. The van der Waals surface area contributed by atoms with Crippen LogP contribution >= 0.6 is 23.2 Å².